The highest BCUT2D eigenvalue weighted by atomic mass is 32.1. The maximum atomic E-state index is 5.48. The molecule has 0 spiro atoms. The molecule has 0 bridgehead atoms. The van der Waals surface area contributed by atoms with E-state index in [1.54, 1.807) is 6.08 Å². The maximum Gasteiger partial charge on any atom is 0.170 e. The second-order valence-corrected chi connectivity index (χ2v) is 7.14. The van der Waals surface area contributed by atoms with Crippen LogP contribution >= 0.6 is 12.2 Å². The van der Waals surface area contributed by atoms with E-state index in [1.165, 1.54) is 11.3 Å². The number of benzene rings is 2. The zero-order valence-electron chi connectivity index (χ0n) is 15.8. The van der Waals surface area contributed by atoms with Gasteiger partial charge in [0.1, 0.15) is 12.4 Å². The summed E-state index contributed by atoms with van der Waals surface area (Å²) in [5, 5.41) is 7.14. The van der Waals surface area contributed by atoms with Crippen molar-refractivity contribution in [2.75, 3.05) is 29.9 Å². The van der Waals surface area contributed by atoms with Crippen LogP contribution in [-0.2, 0) is 6.42 Å². The average molecular weight is 382 g/mol. The third-order valence-corrected chi connectivity index (χ3v) is 4.94. The monoisotopic (exact) mass is 381 g/mol. The molecule has 0 fully saturated rings. The van der Waals surface area contributed by atoms with Crippen molar-refractivity contribution in [3.63, 3.8) is 0 Å². The van der Waals surface area contributed by atoms with E-state index < -0.39 is 0 Å². The highest BCUT2D eigenvalue weighted by Gasteiger charge is 2.24. The molecule has 0 saturated heterocycles. The van der Waals surface area contributed by atoms with Gasteiger partial charge in [0.25, 0.3) is 0 Å². The fourth-order valence-electron chi connectivity index (χ4n) is 3.39. The van der Waals surface area contributed by atoms with Gasteiger partial charge < -0.3 is 20.3 Å². The molecule has 1 unspecified atom stereocenters. The van der Waals surface area contributed by atoms with Crippen LogP contribution in [0.4, 0.5) is 11.4 Å². The van der Waals surface area contributed by atoms with Crippen molar-refractivity contribution in [3.05, 3.63) is 66.7 Å². The first-order valence-corrected chi connectivity index (χ1v) is 9.81. The summed E-state index contributed by atoms with van der Waals surface area (Å²) in [4.78, 5) is 2.50. The Balaban J connectivity index is 1.39. The van der Waals surface area contributed by atoms with Gasteiger partial charge >= 0.3 is 0 Å². The molecule has 4 nitrogen and oxygen atoms in total. The van der Waals surface area contributed by atoms with Crippen molar-refractivity contribution in [1.29, 1.82) is 0 Å². The van der Waals surface area contributed by atoms with Gasteiger partial charge in [-0.1, -0.05) is 30.9 Å². The minimum absolute atomic E-state index is 0.507. The van der Waals surface area contributed by atoms with Crippen LogP contribution in [0, 0.1) is 0 Å². The van der Waals surface area contributed by atoms with Crippen LogP contribution in [0.15, 0.2) is 61.2 Å². The summed E-state index contributed by atoms with van der Waals surface area (Å²) < 4.78 is 5.48. The van der Waals surface area contributed by atoms with Crippen molar-refractivity contribution < 1.29 is 4.74 Å². The Bertz CT molecular complexity index is 775. The quantitative estimate of drug-likeness (QED) is 0.403. The Kier molecular flexibility index (Phi) is 6.71. The van der Waals surface area contributed by atoms with Crippen LogP contribution in [0.1, 0.15) is 18.9 Å². The molecule has 0 radical (unpaired) electrons. The fourth-order valence-corrected chi connectivity index (χ4v) is 3.61. The van der Waals surface area contributed by atoms with Crippen molar-refractivity contribution in [3.8, 4) is 5.75 Å². The highest BCUT2D eigenvalue weighted by Crippen LogP contribution is 2.31. The van der Waals surface area contributed by atoms with E-state index in [9.17, 15) is 0 Å². The lowest BCUT2D eigenvalue weighted by molar-refractivity contribution is 0.363. The van der Waals surface area contributed by atoms with E-state index in [0.717, 1.165) is 37.4 Å². The predicted molar refractivity (Wildman–Crippen MR) is 118 cm³/mol. The molecule has 1 atom stereocenters. The summed E-state index contributed by atoms with van der Waals surface area (Å²) in [7, 11) is 0. The molecule has 0 amide bonds. The number of para-hydroxylation sites is 1. The lowest BCUT2D eigenvalue weighted by atomic mass is 10.1. The van der Waals surface area contributed by atoms with Crippen LogP contribution < -0.4 is 20.3 Å². The lowest BCUT2D eigenvalue weighted by Crippen LogP contribution is -2.34. The number of anilines is 2. The Morgan fingerprint density at radius 2 is 2.04 bits per heavy atom. The number of hydrogen-bond acceptors (Lipinski definition) is 3. The van der Waals surface area contributed by atoms with Gasteiger partial charge in [0.15, 0.2) is 5.11 Å². The van der Waals surface area contributed by atoms with Gasteiger partial charge in [-0.3, -0.25) is 0 Å². The predicted octanol–water partition coefficient (Wildman–Crippen LogP) is 4.38. The molecule has 0 aliphatic carbocycles. The maximum absolute atomic E-state index is 5.48. The fraction of sp³-hybridized carbons (Fsp3) is 0.318. The molecular weight excluding hydrogens is 354 g/mol. The third kappa shape index (κ3) is 5.23. The van der Waals surface area contributed by atoms with Gasteiger partial charge in [-0.25, -0.2) is 0 Å². The van der Waals surface area contributed by atoms with Crippen LogP contribution in [0.25, 0.3) is 0 Å². The Hall–Kier alpha value is -2.53. The largest absolute Gasteiger partial charge is 0.490 e. The summed E-state index contributed by atoms with van der Waals surface area (Å²) >= 11 is 5.39. The van der Waals surface area contributed by atoms with E-state index in [0.29, 0.717) is 17.8 Å². The van der Waals surface area contributed by atoms with Gasteiger partial charge in [0.2, 0.25) is 0 Å². The van der Waals surface area contributed by atoms with Crippen molar-refractivity contribution in [2.24, 2.45) is 0 Å². The molecule has 1 aliphatic heterocycles. The SMILES string of the molecule is C=CCOc1ccc(NC(=S)NCCCN2c3ccccc3CC2C)cc1. The van der Waals surface area contributed by atoms with Gasteiger partial charge in [0.05, 0.1) is 0 Å². The molecular formula is C22H27N3OS. The standard InChI is InChI=1S/C22H27N3OS/c1-3-15-26-20-11-9-19(10-12-20)24-22(27)23-13-6-14-25-17(2)16-18-7-4-5-8-21(18)25/h3-5,7-12,17H,1,6,13-16H2,2H3,(H2,23,24,27). The number of ether oxygens (including phenoxy) is 1. The Morgan fingerprint density at radius 1 is 1.26 bits per heavy atom. The molecule has 27 heavy (non-hydrogen) atoms. The molecule has 2 N–H and O–H groups in total. The smallest absolute Gasteiger partial charge is 0.170 e. The van der Waals surface area contributed by atoms with Crippen molar-refractivity contribution in [1.82, 2.24) is 5.32 Å². The van der Waals surface area contributed by atoms with E-state index >= 15 is 0 Å². The summed E-state index contributed by atoms with van der Waals surface area (Å²) in [5.74, 6) is 0.819. The third-order valence-electron chi connectivity index (χ3n) is 4.69. The van der Waals surface area contributed by atoms with Crippen LogP contribution in [0.3, 0.4) is 0 Å². The van der Waals surface area contributed by atoms with Gasteiger partial charge in [-0.15, -0.1) is 0 Å². The number of rotatable bonds is 8. The molecule has 3 rings (SSSR count). The van der Waals surface area contributed by atoms with Crippen molar-refractivity contribution in [2.45, 2.75) is 25.8 Å². The Morgan fingerprint density at radius 3 is 2.81 bits per heavy atom. The second-order valence-electron chi connectivity index (χ2n) is 6.73. The van der Waals surface area contributed by atoms with Crippen LogP contribution in [0.2, 0.25) is 0 Å². The zero-order chi connectivity index (χ0) is 19.1. The van der Waals surface area contributed by atoms with Gasteiger partial charge in [-0.2, -0.15) is 0 Å². The number of thiocarbonyl (C=S) groups is 1. The molecule has 0 saturated carbocycles. The summed E-state index contributed by atoms with van der Waals surface area (Å²) in [5.41, 5.74) is 3.78. The first-order valence-electron chi connectivity index (χ1n) is 9.40. The van der Waals surface area contributed by atoms with Gasteiger partial charge in [-0.05, 0) is 67.9 Å². The summed E-state index contributed by atoms with van der Waals surface area (Å²) in [6.45, 7) is 8.32. The first-order chi connectivity index (χ1) is 13.2. The normalized spacial score (nSPS) is 15.1. The Labute approximate surface area is 167 Å². The lowest BCUT2D eigenvalue weighted by Gasteiger charge is -2.25. The topological polar surface area (TPSA) is 36.5 Å². The molecule has 1 heterocycles. The van der Waals surface area contributed by atoms with E-state index in [2.05, 4.69) is 53.3 Å². The minimum atomic E-state index is 0.507. The average Bonchev–Trinajstić information content (AvgIpc) is 3.00. The first kappa shape index (κ1) is 19.2. The summed E-state index contributed by atoms with van der Waals surface area (Å²) in [6.07, 6.45) is 3.90. The number of fused-ring (bicyclic) bond motifs is 1. The number of nitrogens with zero attached hydrogens (tertiary/aromatic N) is 1. The zero-order valence-corrected chi connectivity index (χ0v) is 16.6. The molecule has 0 aromatic heterocycles. The minimum Gasteiger partial charge on any atom is -0.490 e. The molecule has 1 aliphatic rings. The molecule has 5 heteroatoms. The van der Waals surface area contributed by atoms with Gasteiger partial charge in [0, 0.05) is 30.5 Å². The molecule has 142 valence electrons. The number of nitrogens with one attached hydrogen (secondary N) is 2. The van der Waals surface area contributed by atoms with Crippen LogP contribution in [0.5, 0.6) is 5.75 Å². The van der Waals surface area contributed by atoms with E-state index in [-0.39, 0.29) is 0 Å². The highest BCUT2D eigenvalue weighted by molar-refractivity contribution is 7.80. The molecule has 2 aromatic carbocycles. The number of hydrogen-bond donors (Lipinski definition) is 2. The summed E-state index contributed by atoms with van der Waals surface area (Å²) in [6, 6.07) is 17.0. The molecule has 2 aromatic rings. The van der Waals surface area contributed by atoms with Crippen LogP contribution in [-0.4, -0.2) is 30.9 Å². The second kappa shape index (κ2) is 9.42. The van der Waals surface area contributed by atoms with Crippen molar-refractivity contribution >= 4 is 28.7 Å². The van der Waals surface area contributed by atoms with E-state index in [4.69, 9.17) is 17.0 Å². The van der Waals surface area contributed by atoms with E-state index in [1.807, 2.05) is 24.3 Å².